The van der Waals surface area contributed by atoms with Gasteiger partial charge in [0, 0.05) is 17.9 Å². The number of nitrogens with one attached hydrogen (secondary N) is 1. The second kappa shape index (κ2) is 7.68. The molecular formula is C19H24N2O2. The van der Waals surface area contributed by atoms with Gasteiger partial charge in [0.1, 0.15) is 5.75 Å². The van der Waals surface area contributed by atoms with Crippen LogP contribution in [0.15, 0.2) is 48.5 Å². The second-order valence-electron chi connectivity index (χ2n) is 5.70. The Morgan fingerprint density at radius 1 is 1.17 bits per heavy atom. The molecule has 0 bridgehead atoms. The van der Waals surface area contributed by atoms with Crippen LogP contribution in [0.3, 0.4) is 0 Å². The van der Waals surface area contributed by atoms with Crippen molar-refractivity contribution in [2.45, 2.75) is 33.8 Å². The normalized spacial score (nSPS) is 10.5. The average molecular weight is 312 g/mol. The van der Waals surface area contributed by atoms with E-state index in [0.29, 0.717) is 6.54 Å². The number of anilines is 2. The summed E-state index contributed by atoms with van der Waals surface area (Å²) in [5, 5.41) is 2.92. The third-order valence-electron chi connectivity index (χ3n) is 3.35. The van der Waals surface area contributed by atoms with Crippen molar-refractivity contribution in [3.63, 3.8) is 0 Å². The van der Waals surface area contributed by atoms with Gasteiger partial charge in [-0.05, 0) is 69.7 Å². The predicted molar refractivity (Wildman–Crippen MR) is 95.4 cm³/mol. The van der Waals surface area contributed by atoms with Crippen molar-refractivity contribution in [1.29, 1.82) is 0 Å². The number of aryl methyl sites for hydroxylation is 1. The molecule has 2 amide bonds. The molecular weight excluding hydrogens is 288 g/mol. The summed E-state index contributed by atoms with van der Waals surface area (Å²) in [6.07, 6.45) is 0.132. The fourth-order valence-corrected chi connectivity index (χ4v) is 2.32. The highest BCUT2D eigenvalue weighted by Crippen LogP contribution is 2.20. The molecule has 2 aromatic carbocycles. The molecule has 0 fully saturated rings. The largest absolute Gasteiger partial charge is 0.491 e. The number of carbonyl (C=O) groups is 1. The fourth-order valence-electron chi connectivity index (χ4n) is 2.32. The highest BCUT2D eigenvalue weighted by Gasteiger charge is 2.14. The molecule has 0 atom stereocenters. The van der Waals surface area contributed by atoms with Crippen LogP contribution in [-0.2, 0) is 0 Å². The molecule has 122 valence electrons. The van der Waals surface area contributed by atoms with Gasteiger partial charge in [0.05, 0.1) is 6.10 Å². The summed E-state index contributed by atoms with van der Waals surface area (Å²) in [6, 6.07) is 15.2. The van der Waals surface area contributed by atoms with Crippen molar-refractivity contribution in [2.75, 3.05) is 16.8 Å². The van der Waals surface area contributed by atoms with Crippen LogP contribution in [0.1, 0.15) is 26.3 Å². The monoisotopic (exact) mass is 312 g/mol. The number of amides is 2. The Bertz CT molecular complexity index is 651. The Morgan fingerprint density at radius 3 is 2.43 bits per heavy atom. The Kier molecular flexibility index (Phi) is 5.63. The maximum Gasteiger partial charge on any atom is 0.326 e. The highest BCUT2D eigenvalue weighted by molar-refractivity contribution is 6.01. The first-order chi connectivity index (χ1) is 11.0. The van der Waals surface area contributed by atoms with Crippen LogP contribution in [0.4, 0.5) is 16.2 Å². The Morgan fingerprint density at radius 2 is 1.87 bits per heavy atom. The van der Waals surface area contributed by atoms with Gasteiger partial charge in [-0.3, -0.25) is 4.90 Å². The number of urea groups is 1. The fraction of sp³-hybridized carbons (Fsp3) is 0.316. The minimum absolute atomic E-state index is 0.132. The van der Waals surface area contributed by atoms with Gasteiger partial charge < -0.3 is 10.1 Å². The first-order valence-corrected chi connectivity index (χ1v) is 7.91. The van der Waals surface area contributed by atoms with Gasteiger partial charge >= 0.3 is 6.03 Å². The molecule has 23 heavy (non-hydrogen) atoms. The van der Waals surface area contributed by atoms with Crippen molar-refractivity contribution < 1.29 is 9.53 Å². The van der Waals surface area contributed by atoms with E-state index in [1.165, 1.54) is 0 Å². The molecule has 2 rings (SSSR count). The number of hydrogen-bond donors (Lipinski definition) is 1. The SMILES string of the molecule is CCN(C(=O)Nc1ccc(OC(C)C)cc1)c1cccc(C)c1. The molecule has 0 saturated carbocycles. The van der Waals surface area contributed by atoms with E-state index >= 15 is 0 Å². The maximum absolute atomic E-state index is 12.5. The predicted octanol–water partition coefficient (Wildman–Crippen LogP) is 4.84. The van der Waals surface area contributed by atoms with E-state index < -0.39 is 0 Å². The summed E-state index contributed by atoms with van der Waals surface area (Å²) < 4.78 is 5.60. The third kappa shape index (κ3) is 4.74. The summed E-state index contributed by atoms with van der Waals surface area (Å²) in [5.41, 5.74) is 2.77. The molecule has 1 N–H and O–H groups in total. The van der Waals surface area contributed by atoms with Gasteiger partial charge in [0.25, 0.3) is 0 Å². The molecule has 4 nitrogen and oxygen atoms in total. The Labute approximate surface area is 138 Å². The standard InChI is InChI=1S/C19H24N2O2/c1-5-21(17-8-6-7-15(4)13-17)19(22)20-16-9-11-18(12-10-16)23-14(2)3/h6-14H,5H2,1-4H3,(H,20,22). The summed E-state index contributed by atoms with van der Waals surface area (Å²) in [4.78, 5) is 14.2. The average Bonchev–Trinajstić information content (AvgIpc) is 2.49. The first kappa shape index (κ1) is 16.9. The number of benzene rings is 2. The van der Waals surface area contributed by atoms with Gasteiger partial charge in [-0.1, -0.05) is 12.1 Å². The van der Waals surface area contributed by atoms with Gasteiger partial charge in [-0.25, -0.2) is 4.79 Å². The van der Waals surface area contributed by atoms with Crippen molar-refractivity contribution in [3.8, 4) is 5.75 Å². The molecule has 0 aromatic heterocycles. The minimum atomic E-state index is -0.143. The molecule has 0 aliphatic heterocycles. The molecule has 0 aliphatic carbocycles. The number of rotatable bonds is 5. The van der Waals surface area contributed by atoms with Gasteiger partial charge in [-0.2, -0.15) is 0 Å². The summed E-state index contributed by atoms with van der Waals surface area (Å²) in [7, 11) is 0. The van der Waals surface area contributed by atoms with Crippen molar-refractivity contribution in [3.05, 3.63) is 54.1 Å². The lowest BCUT2D eigenvalue weighted by atomic mass is 10.2. The Balaban J connectivity index is 2.07. The molecule has 2 aromatic rings. The lowest BCUT2D eigenvalue weighted by molar-refractivity contribution is 0.242. The molecule has 0 heterocycles. The zero-order chi connectivity index (χ0) is 16.8. The minimum Gasteiger partial charge on any atom is -0.491 e. The van der Waals surface area contributed by atoms with Gasteiger partial charge in [0.15, 0.2) is 0 Å². The third-order valence-corrected chi connectivity index (χ3v) is 3.35. The van der Waals surface area contributed by atoms with Crippen LogP contribution in [0.5, 0.6) is 5.75 Å². The molecule has 0 saturated heterocycles. The van der Waals surface area contributed by atoms with E-state index in [1.54, 1.807) is 4.90 Å². The smallest absolute Gasteiger partial charge is 0.326 e. The van der Waals surface area contributed by atoms with Crippen LogP contribution in [0.2, 0.25) is 0 Å². The zero-order valence-corrected chi connectivity index (χ0v) is 14.2. The molecule has 0 spiro atoms. The number of ether oxygens (including phenoxy) is 1. The summed E-state index contributed by atoms with van der Waals surface area (Å²) >= 11 is 0. The van der Waals surface area contributed by atoms with Crippen LogP contribution in [0.25, 0.3) is 0 Å². The Hall–Kier alpha value is -2.49. The summed E-state index contributed by atoms with van der Waals surface area (Å²) in [6.45, 7) is 8.54. The zero-order valence-electron chi connectivity index (χ0n) is 14.2. The van der Waals surface area contributed by atoms with Crippen molar-refractivity contribution >= 4 is 17.4 Å². The van der Waals surface area contributed by atoms with Crippen LogP contribution < -0.4 is 15.0 Å². The van der Waals surface area contributed by atoms with Crippen LogP contribution in [-0.4, -0.2) is 18.7 Å². The lowest BCUT2D eigenvalue weighted by Gasteiger charge is -2.22. The number of nitrogens with zero attached hydrogens (tertiary/aromatic N) is 1. The highest BCUT2D eigenvalue weighted by atomic mass is 16.5. The molecule has 0 aliphatic rings. The van der Waals surface area contributed by atoms with Gasteiger partial charge in [0.2, 0.25) is 0 Å². The van der Waals surface area contributed by atoms with E-state index in [0.717, 1.165) is 22.7 Å². The quantitative estimate of drug-likeness (QED) is 0.858. The first-order valence-electron chi connectivity index (χ1n) is 7.91. The maximum atomic E-state index is 12.5. The van der Waals surface area contributed by atoms with Crippen LogP contribution >= 0.6 is 0 Å². The molecule has 4 heteroatoms. The van der Waals surface area contributed by atoms with E-state index in [9.17, 15) is 4.79 Å². The molecule has 0 unspecified atom stereocenters. The second-order valence-corrected chi connectivity index (χ2v) is 5.70. The van der Waals surface area contributed by atoms with Crippen molar-refractivity contribution in [1.82, 2.24) is 0 Å². The van der Waals surface area contributed by atoms with Crippen LogP contribution in [0, 0.1) is 6.92 Å². The number of hydrogen-bond acceptors (Lipinski definition) is 2. The summed E-state index contributed by atoms with van der Waals surface area (Å²) in [5.74, 6) is 0.795. The lowest BCUT2D eigenvalue weighted by Crippen LogP contribution is -2.34. The van der Waals surface area contributed by atoms with E-state index in [2.05, 4.69) is 5.32 Å². The van der Waals surface area contributed by atoms with E-state index in [-0.39, 0.29) is 12.1 Å². The van der Waals surface area contributed by atoms with Crippen molar-refractivity contribution in [2.24, 2.45) is 0 Å². The van der Waals surface area contributed by atoms with E-state index in [4.69, 9.17) is 4.74 Å². The molecule has 0 radical (unpaired) electrons. The number of carbonyl (C=O) groups excluding carboxylic acids is 1. The topological polar surface area (TPSA) is 41.6 Å². The van der Waals surface area contributed by atoms with Gasteiger partial charge in [-0.15, -0.1) is 0 Å². The van der Waals surface area contributed by atoms with E-state index in [1.807, 2.05) is 76.2 Å².